The molecule has 2 aromatic carbocycles. The summed E-state index contributed by atoms with van der Waals surface area (Å²) in [5.74, 6) is 2.14. The summed E-state index contributed by atoms with van der Waals surface area (Å²) in [6.07, 6.45) is 2.13. The normalized spacial score (nSPS) is 10.8. The average Bonchev–Trinajstić information content (AvgIpc) is 3.21. The molecule has 0 atom stereocenters. The molecule has 9 heteroatoms. The summed E-state index contributed by atoms with van der Waals surface area (Å²) >= 11 is 7.36. The van der Waals surface area contributed by atoms with E-state index in [0.29, 0.717) is 34.8 Å². The Bertz CT molecular complexity index is 1040. The van der Waals surface area contributed by atoms with Gasteiger partial charge in [-0.3, -0.25) is 4.79 Å². The minimum Gasteiger partial charge on any atom is -0.495 e. The second kappa shape index (κ2) is 11.8. The van der Waals surface area contributed by atoms with Gasteiger partial charge in [-0.05, 0) is 55.8 Å². The van der Waals surface area contributed by atoms with E-state index >= 15 is 0 Å². The standard InChI is InChI=1S/C23H27ClN4O3S/c1-4-6-13-31-18-10-7-16(8-11-18)22-26-27-23(28(22)5-2)32-15-21(29)25-19-14-17(24)9-12-20(19)30-3/h7-12,14H,4-6,13,15H2,1-3H3,(H,25,29). The fraction of sp³-hybridized carbons (Fsp3) is 0.348. The van der Waals surface area contributed by atoms with Crippen LogP contribution in [0, 0.1) is 0 Å². The lowest BCUT2D eigenvalue weighted by molar-refractivity contribution is -0.113. The van der Waals surface area contributed by atoms with Crippen LogP contribution in [0.25, 0.3) is 11.4 Å². The van der Waals surface area contributed by atoms with Crippen LogP contribution in [0.2, 0.25) is 5.02 Å². The van der Waals surface area contributed by atoms with Crippen molar-refractivity contribution in [2.24, 2.45) is 0 Å². The number of rotatable bonds is 11. The smallest absolute Gasteiger partial charge is 0.234 e. The highest BCUT2D eigenvalue weighted by Gasteiger charge is 2.16. The van der Waals surface area contributed by atoms with Crippen molar-refractivity contribution in [3.8, 4) is 22.9 Å². The van der Waals surface area contributed by atoms with Crippen LogP contribution in [0.3, 0.4) is 0 Å². The highest BCUT2D eigenvalue weighted by atomic mass is 35.5. The number of halogens is 1. The summed E-state index contributed by atoms with van der Waals surface area (Å²) in [4.78, 5) is 12.5. The van der Waals surface area contributed by atoms with Crippen molar-refractivity contribution in [2.45, 2.75) is 38.4 Å². The molecule has 0 unspecified atom stereocenters. The van der Waals surface area contributed by atoms with Crippen LogP contribution >= 0.6 is 23.4 Å². The summed E-state index contributed by atoms with van der Waals surface area (Å²) < 4.78 is 13.0. The molecule has 7 nitrogen and oxygen atoms in total. The van der Waals surface area contributed by atoms with Crippen molar-refractivity contribution in [3.63, 3.8) is 0 Å². The summed E-state index contributed by atoms with van der Waals surface area (Å²) in [7, 11) is 1.54. The maximum atomic E-state index is 12.5. The maximum Gasteiger partial charge on any atom is 0.234 e. The van der Waals surface area contributed by atoms with Gasteiger partial charge in [0.1, 0.15) is 11.5 Å². The van der Waals surface area contributed by atoms with E-state index in [0.717, 1.165) is 30.0 Å². The molecule has 3 rings (SSSR count). The molecule has 0 spiro atoms. The topological polar surface area (TPSA) is 78.3 Å². The Balaban J connectivity index is 1.65. The summed E-state index contributed by atoms with van der Waals surface area (Å²) in [6.45, 7) is 5.56. The third-order valence-electron chi connectivity index (χ3n) is 4.68. The maximum absolute atomic E-state index is 12.5. The van der Waals surface area contributed by atoms with Gasteiger partial charge in [0.2, 0.25) is 5.91 Å². The molecule has 0 radical (unpaired) electrons. The van der Waals surface area contributed by atoms with E-state index in [9.17, 15) is 4.79 Å². The number of thioether (sulfide) groups is 1. The van der Waals surface area contributed by atoms with Crippen molar-refractivity contribution in [1.29, 1.82) is 0 Å². The molecule has 0 aliphatic carbocycles. The number of anilines is 1. The second-order valence-electron chi connectivity index (χ2n) is 6.96. The fourth-order valence-corrected chi connectivity index (χ4v) is 4.00. The Hall–Kier alpha value is -2.71. The molecule has 1 heterocycles. The number of hydrogen-bond acceptors (Lipinski definition) is 6. The highest BCUT2D eigenvalue weighted by Crippen LogP contribution is 2.29. The molecule has 3 aromatic rings. The Morgan fingerprint density at radius 3 is 2.62 bits per heavy atom. The number of aromatic nitrogens is 3. The van der Waals surface area contributed by atoms with Gasteiger partial charge in [0.05, 0.1) is 25.2 Å². The van der Waals surface area contributed by atoms with Crippen LogP contribution in [-0.2, 0) is 11.3 Å². The van der Waals surface area contributed by atoms with Crippen LogP contribution in [-0.4, -0.2) is 40.1 Å². The van der Waals surface area contributed by atoms with Crippen LogP contribution in [0.15, 0.2) is 47.6 Å². The van der Waals surface area contributed by atoms with E-state index in [-0.39, 0.29) is 11.7 Å². The average molecular weight is 475 g/mol. The van der Waals surface area contributed by atoms with Crippen molar-refractivity contribution < 1.29 is 14.3 Å². The zero-order valence-corrected chi connectivity index (χ0v) is 20.0. The van der Waals surface area contributed by atoms with E-state index in [4.69, 9.17) is 21.1 Å². The first-order valence-electron chi connectivity index (χ1n) is 10.5. The zero-order chi connectivity index (χ0) is 22.9. The Labute approximate surface area is 197 Å². The third-order valence-corrected chi connectivity index (χ3v) is 5.88. The molecular formula is C23H27ClN4O3S. The highest BCUT2D eigenvalue weighted by molar-refractivity contribution is 7.99. The molecule has 1 amide bonds. The third kappa shape index (κ3) is 6.17. The summed E-state index contributed by atoms with van der Waals surface area (Å²) in [6, 6.07) is 12.9. The monoisotopic (exact) mass is 474 g/mol. The predicted molar refractivity (Wildman–Crippen MR) is 129 cm³/mol. The number of hydrogen-bond donors (Lipinski definition) is 1. The molecule has 0 fully saturated rings. The predicted octanol–water partition coefficient (Wildman–Crippen LogP) is 5.54. The fourth-order valence-electron chi connectivity index (χ4n) is 3.02. The van der Waals surface area contributed by atoms with Gasteiger partial charge in [0, 0.05) is 17.1 Å². The number of nitrogens with zero attached hydrogens (tertiary/aromatic N) is 3. The zero-order valence-electron chi connectivity index (χ0n) is 18.4. The van der Waals surface area contributed by atoms with Crippen molar-refractivity contribution in [2.75, 3.05) is 24.8 Å². The number of benzene rings is 2. The first-order valence-corrected chi connectivity index (χ1v) is 11.8. The number of amides is 1. The SMILES string of the molecule is CCCCOc1ccc(-c2nnc(SCC(=O)Nc3cc(Cl)ccc3OC)n2CC)cc1. The minimum atomic E-state index is -0.184. The number of nitrogens with one attached hydrogen (secondary N) is 1. The number of carbonyl (C=O) groups excluding carboxylic acids is 1. The molecule has 0 saturated heterocycles. The lowest BCUT2D eigenvalue weighted by atomic mass is 10.2. The molecule has 0 bridgehead atoms. The van der Waals surface area contributed by atoms with Gasteiger partial charge in [-0.15, -0.1) is 10.2 Å². The minimum absolute atomic E-state index is 0.179. The van der Waals surface area contributed by atoms with E-state index in [1.165, 1.54) is 11.8 Å². The Morgan fingerprint density at radius 1 is 1.16 bits per heavy atom. The van der Waals surface area contributed by atoms with Crippen LogP contribution in [0.4, 0.5) is 5.69 Å². The van der Waals surface area contributed by atoms with Gasteiger partial charge in [-0.1, -0.05) is 36.7 Å². The molecular weight excluding hydrogens is 448 g/mol. The molecule has 1 aromatic heterocycles. The van der Waals surface area contributed by atoms with Gasteiger partial charge < -0.3 is 19.4 Å². The first-order chi connectivity index (χ1) is 15.5. The van der Waals surface area contributed by atoms with Crippen LogP contribution in [0.1, 0.15) is 26.7 Å². The Morgan fingerprint density at radius 2 is 1.94 bits per heavy atom. The summed E-state index contributed by atoms with van der Waals surface area (Å²) in [5.41, 5.74) is 1.48. The number of carbonyl (C=O) groups is 1. The number of ether oxygens (including phenoxy) is 2. The second-order valence-corrected chi connectivity index (χ2v) is 8.34. The van der Waals surface area contributed by atoms with E-state index in [1.54, 1.807) is 25.3 Å². The van der Waals surface area contributed by atoms with Crippen molar-refractivity contribution in [1.82, 2.24) is 14.8 Å². The number of unbranched alkanes of at least 4 members (excludes halogenated alkanes) is 1. The number of methoxy groups -OCH3 is 1. The van der Waals surface area contributed by atoms with Gasteiger partial charge in [-0.2, -0.15) is 0 Å². The van der Waals surface area contributed by atoms with Crippen LogP contribution < -0.4 is 14.8 Å². The lowest BCUT2D eigenvalue weighted by Gasteiger charge is -2.11. The van der Waals surface area contributed by atoms with E-state index < -0.39 is 0 Å². The first kappa shape index (κ1) is 23.9. The molecule has 32 heavy (non-hydrogen) atoms. The van der Waals surface area contributed by atoms with Crippen molar-refractivity contribution >= 4 is 35.0 Å². The van der Waals surface area contributed by atoms with Gasteiger partial charge >= 0.3 is 0 Å². The van der Waals surface area contributed by atoms with Gasteiger partial charge in [0.25, 0.3) is 0 Å². The summed E-state index contributed by atoms with van der Waals surface area (Å²) in [5, 5.41) is 12.7. The van der Waals surface area contributed by atoms with Crippen LogP contribution in [0.5, 0.6) is 11.5 Å². The quantitative estimate of drug-likeness (QED) is 0.290. The molecule has 0 saturated carbocycles. The van der Waals surface area contributed by atoms with E-state index in [2.05, 4.69) is 22.4 Å². The Kier molecular flexibility index (Phi) is 8.81. The van der Waals surface area contributed by atoms with E-state index in [1.807, 2.05) is 35.8 Å². The lowest BCUT2D eigenvalue weighted by Crippen LogP contribution is -2.15. The molecule has 0 aliphatic rings. The molecule has 1 N–H and O–H groups in total. The molecule has 170 valence electrons. The van der Waals surface area contributed by atoms with Crippen molar-refractivity contribution in [3.05, 3.63) is 47.5 Å². The van der Waals surface area contributed by atoms with Gasteiger partial charge in [-0.25, -0.2) is 0 Å². The largest absolute Gasteiger partial charge is 0.495 e. The molecule has 0 aliphatic heterocycles. The van der Waals surface area contributed by atoms with Gasteiger partial charge in [0.15, 0.2) is 11.0 Å².